The first-order chi connectivity index (χ1) is 8.95. The number of benzene rings is 1. The van der Waals surface area contributed by atoms with Crippen LogP contribution in [0.4, 0.5) is 0 Å². The first-order valence-corrected chi connectivity index (χ1v) is 8.19. The van der Waals surface area contributed by atoms with E-state index in [2.05, 4.69) is 6.92 Å². The van der Waals surface area contributed by atoms with Crippen LogP contribution in [-0.4, -0.2) is 25.8 Å². The van der Waals surface area contributed by atoms with Crippen LogP contribution in [0.5, 0.6) is 0 Å². The molecule has 2 N–H and O–H groups in total. The maximum absolute atomic E-state index is 12.6. The van der Waals surface area contributed by atoms with Crippen LogP contribution < -0.4 is 5.73 Å². The van der Waals surface area contributed by atoms with Gasteiger partial charge in [0.05, 0.1) is 4.90 Å². The Labute approximate surface area is 115 Å². The Hall–Kier alpha value is -0.910. The molecule has 0 atom stereocenters. The van der Waals surface area contributed by atoms with Crippen LogP contribution >= 0.6 is 0 Å². The molecule has 1 aromatic rings. The fourth-order valence-electron chi connectivity index (χ4n) is 2.40. The largest absolute Gasteiger partial charge is 0.326 e. The average molecular weight is 282 g/mol. The molecule has 1 aliphatic rings. The third kappa shape index (κ3) is 2.99. The molecule has 0 spiro atoms. The highest BCUT2D eigenvalue weighted by molar-refractivity contribution is 7.89. The Balaban J connectivity index is 2.29. The Kier molecular flexibility index (Phi) is 4.28. The van der Waals surface area contributed by atoms with Crippen molar-refractivity contribution in [2.24, 2.45) is 11.7 Å². The molecule has 19 heavy (non-hydrogen) atoms. The molecular weight excluding hydrogens is 260 g/mol. The molecule has 4 nitrogen and oxygen atoms in total. The van der Waals surface area contributed by atoms with Gasteiger partial charge in [0.25, 0.3) is 0 Å². The standard InChI is InChI=1S/C14H22N2O2S/c1-11-5-7-16(8-6-11)19(17,18)14-4-3-12(2)13(9-14)10-15/h3-4,9,11H,5-8,10,15H2,1-2H3. The second kappa shape index (κ2) is 5.61. The summed E-state index contributed by atoms with van der Waals surface area (Å²) >= 11 is 0. The number of hydrogen-bond donors (Lipinski definition) is 1. The first-order valence-electron chi connectivity index (χ1n) is 6.75. The Morgan fingerprint density at radius 1 is 1.32 bits per heavy atom. The van der Waals surface area contributed by atoms with Gasteiger partial charge < -0.3 is 5.73 Å². The number of nitrogens with zero attached hydrogens (tertiary/aromatic N) is 1. The quantitative estimate of drug-likeness (QED) is 0.920. The maximum Gasteiger partial charge on any atom is 0.243 e. The van der Waals surface area contributed by atoms with E-state index in [1.54, 1.807) is 16.4 Å². The summed E-state index contributed by atoms with van der Waals surface area (Å²) < 4.78 is 26.7. The lowest BCUT2D eigenvalue weighted by atomic mass is 10.0. The topological polar surface area (TPSA) is 63.4 Å². The fraction of sp³-hybridized carbons (Fsp3) is 0.571. The van der Waals surface area contributed by atoms with Gasteiger partial charge in [0, 0.05) is 19.6 Å². The second-order valence-corrected chi connectivity index (χ2v) is 7.32. The molecule has 1 saturated heterocycles. The van der Waals surface area contributed by atoms with E-state index in [-0.39, 0.29) is 0 Å². The van der Waals surface area contributed by atoms with E-state index in [4.69, 9.17) is 5.73 Å². The molecule has 1 fully saturated rings. The molecule has 2 rings (SSSR count). The molecular formula is C14H22N2O2S. The molecule has 0 bridgehead atoms. The van der Waals surface area contributed by atoms with Crippen molar-refractivity contribution in [1.29, 1.82) is 0 Å². The normalized spacial score (nSPS) is 18.7. The molecule has 0 aromatic heterocycles. The monoisotopic (exact) mass is 282 g/mol. The third-order valence-corrected chi connectivity index (χ3v) is 5.82. The summed E-state index contributed by atoms with van der Waals surface area (Å²) in [5.74, 6) is 0.615. The third-order valence-electron chi connectivity index (χ3n) is 3.92. The van der Waals surface area contributed by atoms with Crippen molar-refractivity contribution in [3.8, 4) is 0 Å². The van der Waals surface area contributed by atoms with E-state index in [1.807, 2.05) is 13.0 Å². The van der Waals surface area contributed by atoms with Gasteiger partial charge in [-0.05, 0) is 48.9 Å². The predicted octanol–water partition coefficient (Wildman–Crippen LogP) is 1.87. The molecule has 0 radical (unpaired) electrons. The zero-order chi connectivity index (χ0) is 14.0. The number of rotatable bonds is 3. The molecule has 0 unspecified atom stereocenters. The molecule has 1 heterocycles. The SMILES string of the molecule is Cc1ccc(S(=O)(=O)N2CCC(C)CC2)cc1CN. The average Bonchev–Trinajstić information content (AvgIpc) is 2.39. The first kappa shape index (κ1) is 14.5. The highest BCUT2D eigenvalue weighted by Gasteiger charge is 2.28. The lowest BCUT2D eigenvalue weighted by molar-refractivity contribution is 0.288. The van der Waals surface area contributed by atoms with Gasteiger partial charge in [0.1, 0.15) is 0 Å². The summed E-state index contributed by atoms with van der Waals surface area (Å²) in [6, 6.07) is 5.23. The molecule has 0 aliphatic carbocycles. The molecule has 1 aromatic carbocycles. The minimum atomic E-state index is -3.36. The van der Waals surface area contributed by atoms with Crippen LogP contribution in [0.3, 0.4) is 0 Å². The Morgan fingerprint density at radius 2 is 1.95 bits per heavy atom. The predicted molar refractivity (Wildman–Crippen MR) is 76.2 cm³/mol. The van der Waals surface area contributed by atoms with E-state index in [1.165, 1.54) is 0 Å². The number of hydrogen-bond acceptors (Lipinski definition) is 3. The summed E-state index contributed by atoms with van der Waals surface area (Å²) in [5.41, 5.74) is 7.58. The van der Waals surface area contributed by atoms with Crippen molar-refractivity contribution in [3.05, 3.63) is 29.3 Å². The van der Waals surface area contributed by atoms with Gasteiger partial charge in [-0.25, -0.2) is 8.42 Å². The molecule has 0 saturated carbocycles. The molecule has 5 heteroatoms. The lowest BCUT2D eigenvalue weighted by Gasteiger charge is -2.29. The van der Waals surface area contributed by atoms with E-state index in [9.17, 15) is 8.42 Å². The van der Waals surface area contributed by atoms with Crippen molar-refractivity contribution in [1.82, 2.24) is 4.31 Å². The highest BCUT2D eigenvalue weighted by Crippen LogP contribution is 2.24. The zero-order valence-corrected chi connectivity index (χ0v) is 12.4. The molecule has 106 valence electrons. The summed E-state index contributed by atoms with van der Waals surface area (Å²) in [5, 5.41) is 0. The van der Waals surface area contributed by atoms with E-state index < -0.39 is 10.0 Å². The smallest absolute Gasteiger partial charge is 0.243 e. The summed E-state index contributed by atoms with van der Waals surface area (Å²) in [7, 11) is -3.36. The van der Waals surface area contributed by atoms with Crippen molar-refractivity contribution < 1.29 is 8.42 Å². The fourth-order valence-corrected chi connectivity index (χ4v) is 3.92. The van der Waals surface area contributed by atoms with Crippen LogP contribution in [0.15, 0.2) is 23.1 Å². The van der Waals surface area contributed by atoms with E-state index in [0.29, 0.717) is 30.4 Å². The number of aryl methyl sites for hydroxylation is 1. The Bertz CT molecular complexity index is 547. The summed E-state index contributed by atoms with van der Waals surface area (Å²) in [4.78, 5) is 0.369. The van der Waals surface area contributed by atoms with Crippen LogP contribution in [0.1, 0.15) is 30.9 Å². The number of piperidine rings is 1. The Morgan fingerprint density at radius 3 is 2.53 bits per heavy atom. The summed E-state index contributed by atoms with van der Waals surface area (Å²) in [6.07, 6.45) is 1.88. The van der Waals surface area contributed by atoms with Crippen molar-refractivity contribution in [2.75, 3.05) is 13.1 Å². The van der Waals surface area contributed by atoms with Crippen LogP contribution in [-0.2, 0) is 16.6 Å². The van der Waals surface area contributed by atoms with Crippen LogP contribution in [0.25, 0.3) is 0 Å². The van der Waals surface area contributed by atoms with Crippen LogP contribution in [0.2, 0.25) is 0 Å². The van der Waals surface area contributed by atoms with Gasteiger partial charge in [-0.15, -0.1) is 0 Å². The van der Waals surface area contributed by atoms with Gasteiger partial charge in [-0.3, -0.25) is 0 Å². The van der Waals surface area contributed by atoms with Gasteiger partial charge in [-0.1, -0.05) is 13.0 Å². The molecule has 1 aliphatic heterocycles. The van der Waals surface area contributed by atoms with Gasteiger partial charge >= 0.3 is 0 Å². The van der Waals surface area contributed by atoms with Gasteiger partial charge in [0.15, 0.2) is 0 Å². The van der Waals surface area contributed by atoms with Crippen molar-refractivity contribution in [2.45, 2.75) is 38.1 Å². The highest BCUT2D eigenvalue weighted by atomic mass is 32.2. The van der Waals surface area contributed by atoms with E-state index >= 15 is 0 Å². The van der Waals surface area contributed by atoms with Crippen molar-refractivity contribution >= 4 is 10.0 Å². The minimum Gasteiger partial charge on any atom is -0.326 e. The van der Waals surface area contributed by atoms with E-state index in [0.717, 1.165) is 24.0 Å². The second-order valence-electron chi connectivity index (χ2n) is 5.38. The minimum absolute atomic E-state index is 0.367. The zero-order valence-electron chi connectivity index (χ0n) is 11.6. The lowest BCUT2D eigenvalue weighted by Crippen LogP contribution is -2.37. The van der Waals surface area contributed by atoms with Gasteiger partial charge in [-0.2, -0.15) is 4.31 Å². The summed E-state index contributed by atoms with van der Waals surface area (Å²) in [6.45, 7) is 5.72. The van der Waals surface area contributed by atoms with Gasteiger partial charge in [0.2, 0.25) is 10.0 Å². The molecule has 0 amide bonds. The van der Waals surface area contributed by atoms with Crippen LogP contribution in [0, 0.1) is 12.8 Å². The maximum atomic E-state index is 12.6. The number of nitrogens with two attached hydrogens (primary N) is 1. The van der Waals surface area contributed by atoms with Crippen molar-refractivity contribution in [3.63, 3.8) is 0 Å². The number of sulfonamides is 1.